The fourth-order valence-electron chi connectivity index (χ4n) is 1.72. The van der Waals surface area contributed by atoms with Crippen LogP contribution in [0.2, 0.25) is 0 Å². The molecule has 0 aromatic heterocycles. The SMILES string of the molecule is CCCCCc1ccc(C(O)CC)cc1. The van der Waals surface area contributed by atoms with Gasteiger partial charge in [0.15, 0.2) is 0 Å². The molecular formula is C14H22O. The van der Waals surface area contributed by atoms with E-state index in [9.17, 15) is 5.11 Å². The van der Waals surface area contributed by atoms with Crippen molar-refractivity contribution in [2.24, 2.45) is 0 Å². The van der Waals surface area contributed by atoms with Crippen LogP contribution in [-0.4, -0.2) is 5.11 Å². The van der Waals surface area contributed by atoms with Gasteiger partial charge in [-0.1, -0.05) is 51.0 Å². The van der Waals surface area contributed by atoms with Gasteiger partial charge in [0.05, 0.1) is 6.10 Å². The van der Waals surface area contributed by atoms with E-state index in [1.54, 1.807) is 0 Å². The van der Waals surface area contributed by atoms with Gasteiger partial charge in [-0.15, -0.1) is 0 Å². The zero-order chi connectivity index (χ0) is 11.1. The van der Waals surface area contributed by atoms with Crippen LogP contribution in [0.15, 0.2) is 24.3 Å². The Morgan fingerprint density at radius 3 is 2.27 bits per heavy atom. The van der Waals surface area contributed by atoms with E-state index in [2.05, 4.69) is 31.2 Å². The van der Waals surface area contributed by atoms with Crippen molar-refractivity contribution in [1.82, 2.24) is 0 Å². The molecule has 84 valence electrons. The van der Waals surface area contributed by atoms with Crippen molar-refractivity contribution in [2.45, 2.75) is 52.1 Å². The highest BCUT2D eigenvalue weighted by Gasteiger charge is 2.03. The topological polar surface area (TPSA) is 20.2 Å². The fourth-order valence-corrected chi connectivity index (χ4v) is 1.72. The Kier molecular flexibility index (Phi) is 5.41. The number of hydrogen-bond acceptors (Lipinski definition) is 1. The highest BCUT2D eigenvalue weighted by Crippen LogP contribution is 2.17. The number of aliphatic hydroxyl groups is 1. The van der Waals surface area contributed by atoms with E-state index in [1.807, 2.05) is 6.92 Å². The summed E-state index contributed by atoms with van der Waals surface area (Å²) in [5.74, 6) is 0. The largest absolute Gasteiger partial charge is 0.388 e. The van der Waals surface area contributed by atoms with Gasteiger partial charge < -0.3 is 5.11 Å². The number of rotatable bonds is 6. The number of hydrogen-bond donors (Lipinski definition) is 1. The molecule has 1 aromatic rings. The average molecular weight is 206 g/mol. The van der Waals surface area contributed by atoms with Crippen molar-refractivity contribution in [1.29, 1.82) is 0 Å². The zero-order valence-electron chi connectivity index (χ0n) is 9.87. The lowest BCUT2D eigenvalue weighted by molar-refractivity contribution is 0.173. The van der Waals surface area contributed by atoms with Crippen molar-refractivity contribution in [2.75, 3.05) is 0 Å². The number of aliphatic hydroxyl groups excluding tert-OH is 1. The molecule has 15 heavy (non-hydrogen) atoms. The summed E-state index contributed by atoms with van der Waals surface area (Å²) in [5, 5.41) is 9.63. The molecule has 1 N–H and O–H groups in total. The third-order valence-corrected chi connectivity index (χ3v) is 2.82. The maximum atomic E-state index is 9.63. The third kappa shape index (κ3) is 4.05. The van der Waals surface area contributed by atoms with Gasteiger partial charge in [0.2, 0.25) is 0 Å². The lowest BCUT2D eigenvalue weighted by Crippen LogP contribution is -1.95. The van der Waals surface area contributed by atoms with Crippen molar-refractivity contribution in [3.8, 4) is 0 Å². The molecule has 0 aliphatic carbocycles. The summed E-state index contributed by atoms with van der Waals surface area (Å²) in [7, 11) is 0. The molecule has 0 saturated carbocycles. The van der Waals surface area contributed by atoms with Gasteiger partial charge >= 0.3 is 0 Å². The standard InChI is InChI=1S/C14H22O/c1-3-5-6-7-12-8-10-13(11-9-12)14(15)4-2/h8-11,14-15H,3-7H2,1-2H3. The van der Waals surface area contributed by atoms with Crippen LogP contribution >= 0.6 is 0 Å². The smallest absolute Gasteiger partial charge is 0.0787 e. The summed E-state index contributed by atoms with van der Waals surface area (Å²) in [6.07, 6.45) is 5.50. The zero-order valence-corrected chi connectivity index (χ0v) is 9.87. The second kappa shape index (κ2) is 6.62. The third-order valence-electron chi connectivity index (χ3n) is 2.82. The molecular weight excluding hydrogens is 184 g/mol. The number of unbranched alkanes of at least 4 members (excludes halogenated alkanes) is 2. The number of aryl methyl sites for hydroxylation is 1. The molecule has 0 aliphatic rings. The molecule has 0 spiro atoms. The van der Waals surface area contributed by atoms with Gasteiger partial charge in [0.25, 0.3) is 0 Å². The summed E-state index contributed by atoms with van der Waals surface area (Å²) >= 11 is 0. The van der Waals surface area contributed by atoms with E-state index in [1.165, 1.54) is 24.8 Å². The number of benzene rings is 1. The summed E-state index contributed by atoms with van der Waals surface area (Å²) in [4.78, 5) is 0. The van der Waals surface area contributed by atoms with Crippen LogP contribution in [0.5, 0.6) is 0 Å². The molecule has 0 bridgehead atoms. The molecule has 0 fully saturated rings. The Morgan fingerprint density at radius 2 is 1.73 bits per heavy atom. The van der Waals surface area contributed by atoms with Crippen LogP contribution in [-0.2, 0) is 6.42 Å². The van der Waals surface area contributed by atoms with E-state index < -0.39 is 0 Å². The summed E-state index contributed by atoms with van der Waals surface area (Å²) in [5.41, 5.74) is 2.42. The van der Waals surface area contributed by atoms with E-state index in [4.69, 9.17) is 0 Å². The Bertz CT molecular complexity index is 263. The van der Waals surface area contributed by atoms with Crippen LogP contribution in [0.3, 0.4) is 0 Å². The second-order valence-corrected chi connectivity index (χ2v) is 4.12. The molecule has 1 rings (SSSR count). The van der Waals surface area contributed by atoms with Crippen molar-refractivity contribution in [3.63, 3.8) is 0 Å². The summed E-state index contributed by atoms with van der Waals surface area (Å²) < 4.78 is 0. The van der Waals surface area contributed by atoms with Crippen molar-refractivity contribution in [3.05, 3.63) is 35.4 Å². The molecule has 0 saturated heterocycles. The minimum atomic E-state index is -0.297. The summed E-state index contributed by atoms with van der Waals surface area (Å²) in [6, 6.07) is 8.39. The van der Waals surface area contributed by atoms with E-state index in [0.29, 0.717) is 0 Å². The van der Waals surface area contributed by atoms with Crippen molar-refractivity contribution >= 4 is 0 Å². The van der Waals surface area contributed by atoms with Crippen molar-refractivity contribution < 1.29 is 5.11 Å². The highest BCUT2D eigenvalue weighted by molar-refractivity contribution is 5.24. The molecule has 1 heteroatoms. The monoisotopic (exact) mass is 206 g/mol. The fraction of sp³-hybridized carbons (Fsp3) is 0.571. The minimum Gasteiger partial charge on any atom is -0.388 e. The highest BCUT2D eigenvalue weighted by atomic mass is 16.3. The van der Waals surface area contributed by atoms with Crippen LogP contribution in [0.4, 0.5) is 0 Å². The van der Waals surface area contributed by atoms with Crippen LogP contribution < -0.4 is 0 Å². The molecule has 0 heterocycles. The van der Waals surface area contributed by atoms with Crippen LogP contribution in [0.1, 0.15) is 56.8 Å². The van der Waals surface area contributed by atoms with E-state index >= 15 is 0 Å². The maximum absolute atomic E-state index is 9.63. The maximum Gasteiger partial charge on any atom is 0.0787 e. The molecule has 0 radical (unpaired) electrons. The molecule has 1 atom stereocenters. The average Bonchev–Trinajstić information content (AvgIpc) is 2.29. The van der Waals surface area contributed by atoms with E-state index in [0.717, 1.165) is 18.4 Å². The van der Waals surface area contributed by atoms with Gasteiger partial charge in [-0.05, 0) is 30.4 Å². The molecule has 1 nitrogen and oxygen atoms in total. The first kappa shape index (κ1) is 12.3. The van der Waals surface area contributed by atoms with Crippen LogP contribution in [0, 0.1) is 0 Å². The summed E-state index contributed by atoms with van der Waals surface area (Å²) in [6.45, 7) is 4.22. The first-order valence-corrected chi connectivity index (χ1v) is 6.04. The first-order valence-electron chi connectivity index (χ1n) is 6.04. The Labute approximate surface area is 93.1 Å². The Morgan fingerprint density at radius 1 is 1.07 bits per heavy atom. The minimum absolute atomic E-state index is 0.297. The molecule has 0 amide bonds. The lowest BCUT2D eigenvalue weighted by Gasteiger charge is -2.08. The second-order valence-electron chi connectivity index (χ2n) is 4.12. The van der Waals surface area contributed by atoms with E-state index in [-0.39, 0.29) is 6.10 Å². The van der Waals surface area contributed by atoms with Gasteiger partial charge in [0.1, 0.15) is 0 Å². The Balaban J connectivity index is 2.49. The predicted molar refractivity (Wildman–Crippen MR) is 64.9 cm³/mol. The van der Waals surface area contributed by atoms with Gasteiger partial charge in [-0.3, -0.25) is 0 Å². The van der Waals surface area contributed by atoms with Gasteiger partial charge in [0, 0.05) is 0 Å². The Hall–Kier alpha value is -0.820. The molecule has 1 aromatic carbocycles. The first-order chi connectivity index (χ1) is 7.27. The van der Waals surface area contributed by atoms with Crippen LogP contribution in [0.25, 0.3) is 0 Å². The lowest BCUT2D eigenvalue weighted by atomic mass is 10.0. The normalized spacial score (nSPS) is 12.7. The molecule has 1 unspecified atom stereocenters. The quantitative estimate of drug-likeness (QED) is 0.701. The predicted octanol–water partition coefficient (Wildman–Crippen LogP) is 3.86. The van der Waals surface area contributed by atoms with Gasteiger partial charge in [-0.2, -0.15) is 0 Å². The molecule has 0 aliphatic heterocycles. The van der Waals surface area contributed by atoms with Gasteiger partial charge in [-0.25, -0.2) is 0 Å².